The molecule has 0 saturated carbocycles. The van der Waals surface area contributed by atoms with E-state index >= 15 is 0 Å². The van der Waals surface area contributed by atoms with Gasteiger partial charge in [0.2, 0.25) is 5.91 Å². The van der Waals surface area contributed by atoms with Gasteiger partial charge in [0.25, 0.3) is 5.91 Å². The summed E-state index contributed by atoms with van der Waals surface area (Å²) in [6.07, 6.45) is -1.05. The van der Waals surface area contributed by atoms with Crippen LogP contribution >= 0.6 is 0 Å². The zero-order valence-electron chi connectivity index (χ0n) is 18.5. The Morgan fingerprint density at radius 1 is 1.12 bits per heavy atom. The van der Waals surface area contributed by atoms with E-state index in [1.54, 1.807) is 30.3 Å². The largest absolute Gasteiger partial charge is 0.495 e. The average Bonchev–Trinajstić information content (AvgIpc) is 3.15. The monoisotopic (exact) mass is 438 g/mol. The number of methoxy groups -OCH3 is 1. The van der Waals surface area contributed by atoms with Crippen LogP contribution in [-0.4, -0.2) is 43.3 Å². The number of carbonyl (C=O) groups is 4. The predicted octanol–water partition coefficient (Wildman–Crippen LogP) is 3.13. The van der Waals surface area contributed by atoms with Gasteiger partial charge in [0.1, 0.15) is 5.75 Å². The summed E-state index contributed by atoms with van der Waals surface area (Å²) in [6, 6.07) is 11.9. The molecule has 1 aliphatic heterocycles. The average molecular weight is 438 g/mol. The number of aryl methyl sites for hydroxylation is 1. The lowest BCUT2D eigenvalue weighted by Gasteiger charge is -2.20. The van der Waals surface area contributed by atoms with E-state index in [0.717, 1.165) is 5.56 Å². The van der Waals surface area contributed by atoms with E-state index in [1.165, 1.54) is 25.9 Å². The van der Waals surface area contributed by atoms with Crippen molar-refractivity contribution in [2.24, 2.45) is 5.92 Å². The van der Waals surface area contributed by atoms with Gasteiger partial charge < -0.3 is 19.7 Å². The summed E-state index contributed by atoms with van der Waals surface area (Å²) in [6.45, 7) is 4.98. The second-order valence-electron chi connectivity index (χ2n) is 7.78. The molecule has 168 valence electrons. The van der Waals surface area contributed by atoms with Crippen molar-refractivity contribution in [1.29, 1.82) is 0 Å². The van der Waals surface area contributed by atoms with Crippen LogP contribution in [0.5, 0.6) is 5.75 Å². The van der Waals surface area contributed by atoms with Crippen LogP contribution in [0.1, 0.15) is 36.2 Å². The molecule has 0 unspecified atom stereocenters. The summed E-state index contributed by atoms with van der Waals surface area (Å²) in [5, 5.41) is 2.65. The van der Waals surface area contributed by atoms with Crippen LogP contribution in [0.15, 0.2) is 42.5 Å². The molecule has 0 spiro atoms. The van der Waals surface area contributed by atoms with Crippen LogP contribution in [0.2, 0.25) is 0 Å². The number of nitrogens with zero attached hydrogens (tertiary/aromatic N) is 1. The first kappa shape index (κ1) is 23.0. The molecule has 1 heterocycles. The van der Waals surface area contributed by atoms with Gasteiger partial charge in [0, 0.05) is 24.2 Å². The van der Waals surface area contributed by atoms with Crippen LogP contribution in [0.4, 0.5) is 11.4 Å². The molecule has 8 heteroatoms. The summed E-state index contributed by atoms with van der Waals surface area (Å²) in [5.41, 5.74) is 2.58. The van der Waals surface area contributed by atoms with Crippen LogP contribution in [0, 0.1) is 12.8 Å². The third-order valence-corrected chi connectivity index (χ3v) is 5.30. The van der Waals surface area contributed by atoms with E-state index in [2.05, 4.69) is 5.32 Å². The Morgan fingerprint density at radius 2 is 1.81 bits per heavy atom. The highest BCUT2D eigenvalue weighted by Crippen LogP contribution is 2.34. The Labute approximate surface area is 186 Å². The fraction of sp³-hybridized carbons (Fsp3) is 0.333. The zero-order chi connectivity index (χ0) is 23.4. The molecule has 2 aromatic rings. The number of anilines is 2. The Morgan fingerprint density at radius 3 is 2.44 bits per heavy atom. The van der Waals surface area contributed by atoms with E-state index in [9.17, 15) is 19.2 Å². The van der Waals surface area contributed by atoms with Gasteiger partial charge in [-0.05, 0) is 62.7 Å². The first-order chi connectivity index (χ1) is 15.2. The van der Waals surface area contributed by atoms with Crippen molar-refractivity contribution in [2.45, 2.75) is 33.3 Å². The first-order valence-electron chi connectivity index (χ1n) is 10.3. The Kier molecular flexibility index (Phi) is 6.92. The smallest absolute Gasteiger partial charge is 0.312 e. The Hall–Kier alpha value is -3.68. The quantitative estimate of drug-likeness (QED) is 0.526. The van der Waals surface area contributed by atoms with Gasteiger partial charge in [-0.1, -0.05) is 6.07 Å². The molecule has 1 fully saturated rings. The number of hydrogen-bond acceptors (Lipinski definition) is 6. The fourth-order valence-corrected chi connectivity index (χ4v) is 3.47. The van der Waals surface area contributed by atoms with Gasteiger partial charge in [0.15, 0.2) is 11.9 Å². The second-order valence-corrected chi connectivity index (χ2v) is 7.78. The molecule has 8 nitrogen and oxygen atoms in total. The lowest BCUT2D eigenvalue weighted by molar-refractivity contribution is -0.157. The molecular formula is C24H26N2O6. The number of esters is 1. The number of amides is 2. The third kappa shape index (κ3) is 5.14. The third-order valence-electron chi connectivity index (χ3n) is 5.30. The number of rotatable bonds is 7. The topological polar surface area (TPSA) is 102 Å². The first-order valence-corrected chi connectivity index (χ1v) is 10.3. The van der Waals surface area contributed by atoms with E-state index in [4.69, 9.17) is 9.47 Å². The standard InChI is InChI=1S/C24H26N2O6/c1-14-5-10-21(31-4)20(11-14)26-13-18(12-22(26)28)24(30)32-16(3)23(29)25-19-8-6-17(7-9-19)15(2)27/h5-11,16,18H,12-13H2,1-4H3,(H,25,29)/t16-,18+/m1/s1. The molecule has 1 N–H and O–H groups in total. The van der Waals surface area contributed by atoms with Crippen molar-refractivity contribution in [1.82, 2.24) is 0 Å². The normalized spacial score (nSPS) is 16.4. The number of ether oxygens (including phenoxy) is 2. The van der Waals surface area contributed by atoms with Crippen molar-refractivity contribution >= 4 is 34.9 Å². The van der Waals surface area contributed by atoms with Gasteiger partial charge in [-0.25, -0.2) is 0 Å². The molecule has 32 heavy (non-hydrogen) atoms. The number of ketones is 1. The van der Waals surface area contributed by atoms with E-state index in [-0.39, 0.29) is 24.7 Å². The van der Waals surface area contributed by atoms with E-state index in [1.807, 2.05) is 19.1 Å². The number of benzene rings is 2. The molecule has 1 saturated heterocycles. The van der Waals surface area contributed by atoms with Crippen molar-refractivity contribution in [3.63, 3.8) is 0 Å². The van der Waals surface area contributed by atoms with Gasteiger partial charge in [-0.3, -0.25) is 19.2 Å². The van der Waals surface area contributed by atoms with Crippen LogP contribution in [0.3, 0.4) is 0 Å². The Balaban J connectivity index is 1.61. The molecule has 3 rings (SSSR count). The molecule has 0 aromatic heterocycles. The maximum absolute atomic E-state index is 12.6. The van der Waals surface area contributed by atoms with E-state index < -0.39 is 23.9 Å². The van der Waals surface area contributed by atoms with Crippen LogP contribution in [-0.2, 0) is 19.1 Å². The maximum atomic E-state index is 12.6. The van der Waals surface area contributed by atoms with Crippen molar-refractivity contribution in [2.75, 3.05) is 23.9 Å². The molecule has 2 aromatic carbocycles. The second kappa shape index (κ2) is 9.64. The van der Waals surface area contributed by atoms with Crippen molar-refractivity contribution in [3.05, 3.63) is 53.6 Å². The van der Waals surface area contributed by atoms with Crippen molar-refractivity contribution < 1.29 is 28.7 Å². The highest BCUT2D eigenvalue weighted by molar-refractivity contribution is 6.01. The molecule has 1 aliphatic rings. The van der Waals surface area contributed by atoms with E-state index in [0.29, 0.717) is 22.7 Å². The predicted molar refractivity (Wildman–Crippen MR) is 119 cm³/mol. The summed E-state index contributed by atoms with van der Waals surface area (Å²) in [4.78, 5) is 50.5. The number of carbonyl (C=O) groups excluding carboxylic acids is 4. The summed E-state index contributed by atoms with van der Waals surface area (Å²) >= 11 is 0. The number of nitrogens with one attached hydrogen (secondary N) is 1. The minimum atomic E-state index is -1.05. The zero-order valence-corrected chi connectivity index (χ0v) is 18.5. The molecule has 0 aliphatic carbocycles. The summed E-state index contributed by atoms with van der Waals surface area (Å²) in [5.74, 6) is -1.54. The highest BCUT2D eigenvalue weighted by atomic mass is 16.5. The minimum absolute atomic E-state index is 0.00320. The van der Waals surface area contributed by atoms with Gasteiger partial charge in [-0.15, -0.1) is 0 Å². The summed E-state index contributed by atoms with van der Waals surface area (Å²) < 4.78 is 10.7. The van der Waals surface area contributed by atoms with Crippen molar-refractivity contribution in [3.8, 4) is 5.75 Å². The SMILES string of the molecule is COc1ccc(C)cc1N1C[C@@H](C(=O)O[C@H](C)C(=O)Nc2ccc(C(C)=O)cc2)CC1=O. The van der Waals surface area contributed by atoms with Gasteiger partial charge >= 0.3 is 5.97 Å². The lowest BCUT2D eigenvalue weighted by atomic mass is 10.1. The summed E-state index contributed by atoms with van der Waals surface area (Å²) in [7, 11) is 1.52. The van der Waals surface area contributed by atoms with Gasteiger partial charge in [-0.2, -0.15) is 0 Å². The minimum Gasteiger partial charge on any atom is -0.495 e. The lowest BCUT2D eigenvalue weighted by Crippen LogP contribution is -2.33. The molecule has 0 radical (unpaired) electrons. The fourth-order valence-electron chi connectivity index (χ4n) is 3.47. The number of Topliss-reactive ketones (excluding diaryl/α,β-unsaturated/α-hetero) is 1. The van der Waals surface area contributed by atoms with Crippen LogP contribution < -0.4 is 15.0 Å². The van der Waals surface area contributed by atoms with Crippen LogP contribution in [0.25, 0.3) is 0 Å². The Bertz CT molecular complexity index is 1050. The van der Waals surface area contributed by atoms with Gasteiger partial charge in [0.05, 0.1) is 18.7 Å². The molecule has 0 bridgehead atoms. The maximum Gasteiger partial charge on any atom is 0.312 e. The highest BCUT2D eigenvalue weighted by Gasteiger charge is 2.38. The molecule has 2 atom stereocenters. The molecular weight excluding hydrogens is 412 g/mol. The number of hydrogen-bond donors (Lipinski definition) is 1. The molecule has 2 amide bonds.